The lowest BCUT2D eigenvalue weighted by molar-refractivity contribution is -0.898. The van der Waals surface area contributed by atoms with Gasteiger partial charge < -0.3 is 25.4 Å². The first-order valence-corrected chi connectivity index (χ1v) is 18.8. The summed E-state index contributed by atoms with van der Waals surface area (Å²) in [5.74, 6) is 0.859. The van der Waals surface area contributed by atoms with Crippen LogP contribution in [0.5, 0.6) is 0 Å². The third kappa shape index (κ3) is 7.15. The number of likely N-dealkylation sites (tertiary alicyclic amines) is 1. The molecule has 1 saturated carbocycles. The van der Waals surface area contributed by atoms with Crippen molar-refractivity contribution in [2.24, 2.45) is 17.3 Å². The summed E-state index contributed by atoms with van der Waals surface area (Å²) in [5.41, 5.74) is 4.55. The number of quaternary nitrogens is 1. The predicted molar refractivity (Wildman–Crippen MR) is 185 cm³/mol. The zero-order valence-corrected chi connectivity index (χ0v) is 29.4. The lowest BCUT2D eigenvalue weighted by Crippen LogP contribution is -2.56. The molecule has 4 heterocycles. The van der Waals surface area contributed by atoms with E-state index in [1.54, 1.807) is 11.3 Å². The number of piperidine rings is 1. The molecule has 3 aliphatic heterocycles. The van der Waals surface area contributed by atoms with E-state index in [9.17, 15) is 19.6 Å². The topological polar surface area (TPSA) is 114 Å². The fourth-order valence-electron chi connectivity index (χ4n) is 9.04. The molecule has 4 aliphatic rings. The molecular formula is C37H53N5O4S. The van der Waals surface area contributed by atoms with Gasteiger partial charge in [0.05, 0.1) is 34.2 Å². The molecule has 9 nitrogen and oxygen atoms in total. The Balaban J connectivity index is 0.995. The van der Waals surface area contributed by atoms with Crippen LogP contribution in [0.4, 0.5) is 0 Å². The molecule has 4 fully saturated rings. The summed E-state index contributed by atoms with van der Waals surface area (Å²) in [6, 6.07) is 6.78. The summed E-state index contributed by atoms with van der Waals surface area (Å²) in [4.78, 5) is 47.2. The maximum atomic E-state index is 14.5. The van der Waals surface area contributed by atoms with Gasteiger partial charge in [-0.1, -0.05) is 38.1 Å². The lowest BCUT2D eigenvalue weighted by Gasteiger charge is -2.45. The Hall–Kier alpha value is -2.82. The Bertz CT molecular complexity index is 1430. The highest BCUT2D eigenvalue weighted by Gasteiger charge is 2.62. The lowest BCUT2D eigenvalue weighted by atomic mass is 9.78. The molecule has 0 radical (unpaired) electrons. The highest BCUT2D eigenvalue weighted by molar-refractivity contribution is 7.13. The minimum Gasteiger partial charge on any atom is -0.632 e. The van der Waals surface area contributed by atoms with Gasteiger partial charge in [0.2, 0.25) is 11.8 Å². The second-order valence-electron chi connectivity index (χ2n) is 15.4. The molecule has 256 valence electrons. The van der Waals surface area contributed by atoms with E-state index in [2.05, 4.69) is 41.6 Å². The van der Waals surface area contributed by atoms with Crippen LogP contribution in [0, 0.1) is 29.4 Å². The first-order valence-electron chi connectivity index (χ1n) is 17.9. The van der Waals surface area contributed by atoms with Crippen LogP contribution in [0.25, 0.3) is 10.4 Å². The van der Waals surface area contributed by atoms with Crippen molar-refractivity contribution in [3.8, 4) is 10.4 Å². The van der Waals surface area contributed by atoms with Crippen LogP contribution >= 0.6 is 11.3 Å². The van der Waals surface area contributed by atoms with Gasteiger partial charge in [0.15, 0.2) is 6.04 Å². The quantitative estimate of drug-likeness (QED) is 0.243. The van der Waals surface area contributed by atoms with Crippen molar-refractivity contribution in [1.82, 2.24) is 20.5 Å². The van der Waals surface area contributed by atoms with E-state index in [1.807, 2.05) is 36.4 Å². The fraction of sp³-hybridized carbons (Fsp3) is 0.676. The van der Waals surface area contributed by atoms with Crippen LogP contribution in [-0.4, -0.2) is 70.0 Å². The smallest absolute Gasteiger partial charge is 0.279 e. The Labute approximate surface area is 284 Å². The van der Waals surface area contributed by atoms with Gasteiger partial charge in [-0.2, -0.15) is 0 Å². The van der Waals surface area contributed by atoms with Gasteiger partial charge in [-0.3, -0.25) is 14.4 Å². The molecule has 1 aliphatic carbocycles. The Kier molecular flexibility index (Phi) is 10.1. The zero-order valence-electron chi connectivity index (χ0n) is 28.6. The van der Waals surface area contributed by atoms with Crippen LogP contribution in [0.1, 0.15) is 109 Å². The van der Waals surface area contributed by atoms with E-state index in [1.165, 1.54) is 6.42 Å². The molecular weight excluding hydrogens is 611 g/mol. The molecule has 3 unspecified atom stereocenters. The van der Waals surface area contributed by atoms with Crippen LogP contribution in [0.15, 0.2) is 29.8 Å². The number of rotatable bonds is 9. The van der Waals surface area contributed by atoms with E-state index in [4.69, 9.17) is 0 Å². The van der Waals surface area contributed by atoms with Crippen LogP contribution in [0.3, 0.4) is 0 Å². The molecule has 47 heavy (non-hydrogen) atoms. The van der Waals surface area contributed by atoms with Gasteiger partial charge in [0.1, 0.15) is 6.54 Å². The molecule has 5 atom stereocenters. The van der Waals surface area contributed by atoms with Gasteiger partial charge in [-0.15, -0.1) is 11.3 Å². The number of hydrogen-bond donors (Lipinski definition) is 2. The number of carbonyl (C=O) groups is 3. The first kappa shape index (κ1) is 34.1. The Morgan fingerprint density at radius 3 is 2.30 bits per heavy atom. The molecule has 0 bridgehead atoms. The number of nitrogens with one attached hydrogen (secondary N) is 2. The molecule has 2 aromatic rings. The van der Waals surface area contributed by atoms with E-state index in [0.29, 0.717) is 43.4 Å². The molecule has 1 aromatic heterocycles. The Morgan fingerprint density at radius 2 is 1.66 bits per heavy atom. The van der Waals surface area contributed by atoms with Crippen molar-refractivity contribution in [2.45, 2.75) is 122 Å². The highest BCUT2D eigenvalue weighted by Crippen LogP contribution is 2.50. The van der Waals surface area contributed by atoms with E-state index in [-0.39, 0.29) is 36.5 Å². The first-order chi connectivity index (χ1) is 22.5. The number of nitrogens with zero attached hydrogens (tertiary/aromatic N) is 3. The number of benzene rings is 1. The second-order valence-corrected chi connectivity index (χ2v) is 16.3. The van der Waals surface area contributed by atoms with Crippen molar-refractivity contribution < 1.29 is 19.0 Å². The number of aromatic nitrogens is 1. The Morgan fingerprint density at radius 1 is 1.00 bits per heavy atom. The van der Waals surface area contributed by atoms with Gasteiger partial charge in [-0.25, -0.2) is 4.98 Å². The molecule has 2 N–H and O–H groups in total. The number of carbonyl (C=O) groups excluding carboxylic acids is 3. The maximum Gasteiger partial charge on any atom is 0.279 e. The van der Waals surface area contributed by atoms with Crippen molar-refractivity contribution in [3.05, 3.63) is 46.2 Å². The SMILES string of the molecule is Cc1ncsc1-c1ccc([C@H](C)NC(=O)C2CCC3C(C)(C)[C@H](NC(=O)CC4CCC(CC(=O)N5CCCCC5)CC4)C[N+]23[O-])cc1. The standard InChI is InChI=1S/C37H53N5O4S/c1-24(28-12-14-29(15-13-28)35-25(2)38-23-47-35)39-36(45)30-16-17-32-37(3,4)31(22-42(30,32)46)40-33(43)20-26-8-10-27(11-9-26)21-34(44)41-18-6-5-7-19-41/h12-15,23-24,26-27,30-32H,5-11,16-22H2,1-4H3,(H,39,45)(H,40,43)/t24-,26?,27?,30?,31+,32?,42?/m0/s1. The number of hydroxylamine groups is 3. The third-order valence-corrected chi connectivity index (χ3v) is 13.0. The average molecular weight is 664 g/mol. The van der Waals surface area contributed by atoms with Crippen LogP contribution in [-0.2, 0) is 14.4 Å². The zero-order chi connectivity index (χ0) is 33.3. The molecule has 0 spiro atoms. The second kappa shape index (κ2) is 14.0. The summed E-state index contributed by atoms with van der Waals surface area (Å²) >= 11 is 1.61. The van der Waals surface area contributed by atoms with Crippen molar-refractivity contribution in [1.29, 1.82) is 0 Å². The van der Waals surface area contributed by atoms with Crippen molar-refractivity contribution in [3.63, 3.8) is 0 Å². The minimum absolute atomic E-state index is 0.00952. The summed E-state index contributed by atoms with van der Waals surface area (Å²) in [6.45, 7) is 10.2. The monoisotopic (exact) mass is 663 g/mol. The number of amides is 3. The van der Waals surface area contributed by atoms with Gasteiger partial charge in [-0.05, 0) is 81.8 Å². The molecule has 1 aromatic carbocycles. The third-order valence-electron chi connectivity index (χ3n) is 12.0. The average Bonchev–Trinajstić information content (AvgIpc) is 3.69. The normalized spacial score (nSPS) is 30.8. The predicted octanol–water partition coefficient (Wildman–Crippen LogP) is 6.27. The summed E-state index contributed by atoms with van der Waals surface area (Å²) in [6.07, 6.45) is 9.76. The van der Waals surface area contributed by atoms with Gasteiger partial charge in [0, 0.05) is 44.2 Å². The minimum atomic E-state index is -0.675. The van der Waals surface area contributed by atoms with Crippen molar-refractivity contribution >= 4 is 29.1 Å². The molecule has 10 heteroatoms. The van der Waals surface area contributed by atoms with E-state index < -0.39 is 16.1 Å². The number of aryl methyl sites for hydroxylation is 1. The number of fused-ring (bicyclic) bond motifs is 1. The van der Waals surface area contributed by atoms with Crippen LogP contribution < -0.4 is 10.6 Å². The summed E-state index contributed by atoms with van der Waals surface area (Å²) in [7, 11) is 0. The number of hydrogen-bond acceptors (Lipinski definition) is 6. The van der Waals surface area contributed by atoms with Gasteiger partial charge in [0.25, 0.3) is 5.91 Å². The van der Waals surface area contributed by atoms with Crippen molar-refractivity contribution in [2.75, 3.05) is 19.6 Å². The van der Waals surface area contributed by atoms with E-state index in [0.717, 1.165) is 73.3 Å². The highest BCUT2D eigenvalue weighted by atomic mass is 32.1. The molecule has 3 saturated heterocycles. The van der Waals surface area contributed by atoms with E-state index >= 15 is 0 Å². The molecule has 6 rings (SSSR count). The largest absolute Gasteiger partial charge is 0.632 e. The maximum absolute atomic E-state index is 14.5. The van der Waals surface area contributed by atoms with Gasteiger partial charge >= 0.3 is 0 Å². The summed E-state index contributed by atoms with van der Waals surface area (Å²) < 4.78 is -0.559. The molecule has 3 amide bonds. The number of thiazole rings is 1. The fourth-order valence-corrected chi connectivity index (χ4v) is 9.86. The summed E-state index contributed by atoms with van der Waals surface area (Å²) in [5, 5.41) is 20.9. The van der Waals surface area contributed by atoms with Crippen LogP contribution in [0.2, 0.25) is 0 Å².